The lowest BCUT2D eigenvalue weighted by Crippen LogP contribution is -2.40. The van der Waals surface area contributed by atoms with Gasteiger partial charge in [0, 0.05) is 30.1 Å². The van der Waals surface area contributed by atoms with Crippen LogP contribution in [-0.2, 0) is 4.79 Å². The molecule has 9 nitrogen and oxygen atoms in total. The van der Waals surface area contributed by atoms with Crippen LogP contribution in [0.1, 0.15) is 24.0 Å². The summed E-state index contributed by atoms with van der Waals surface area (Å²) in [6, 6.07) is 23.5. The lowest BCUT2D eigenvalue weighted by atomic mass is 9.96. The first-order valence-corrected chi connectivity index (χ1v) is 10.6. The van der Waals surface area contributed by atoms with Crippen LogP contribution in [0.15, 0.2) is 77.9 Å². The van der Waals surface area contributed by atoms with Gasteiger partial charge in [0.15, 0.2) is 11.5 Å². The molecule has 1 saturated heterocycles. The fourth-order valence-electron chi connectivity index (χ4n) is 3.87. The van der Waals surface area contributed by atoms with E-state index in [9.17, 15) is 4.79 Å². The van der Waals surface area contributed by atoms with Crippen LogP contribution < -0.4 is 10.3 Å². The fraction of sp³-hybridized carbons (Fsp3) is 0.217. The van der Waals surface area contributed by atoms with Gasteiger partial charge in [-0.05, 0) is 35.4 Å². The summed E-state index contributed by atoms with van der Waals surface area (Å²) in [6.45, 7) is 1.46. The van der Waals surface area contributed by atoms with Crippen LogP contribution in [0, 0.1) is 5.92 Å². The number of carbonyl (C=O) groups excluding carboxylic acids is 1. The third kappa shape index (κ3) is 4.18. The molecule has 4 aromatic rings. The molecule has 1 amide bonds. The van der Waals surface area contributed by atoms with Crippen molar-refractivity contribution in [2.45, 2.75) is 12.8 Å². The van der Waals surface area contributed by atoms with Crippen molar-refractivity contribution in [1.29, 1.82) is 0 Å². The maximum Gasteiger partial charge on any atom is 0.243 e. The third-order valence-electron chi connectivity index (χ3n) is 5.62. The van der Waals surface area contributed by atoms with Crippen LogP contribution in [0.4, 0.5) is 5.82 Å². The largest absolute Gasteiger partial charge is 0.355 e. The van der Waals surface area contributed by atoms with Gasteiger partial charge >= 0.3 is 0 Å². The first-order valence-electron chi connectivity index (χ1n) is 10.6. The highest BCUT2D eigenvalue weighted by Crippen LogP contribution is 2.22. The number of piperidine rings is 1. The van der Waals surface area contributed by atoms with Gasteiger partial charge in [0.2, 0.25) is 5.91 Å². The zero-order valence-corrected chi connectivity index (χ0v) is 17.4. The molecule has 1 N–H and O–H groups in total. The molecule has 2 aromatic heterocycles. The Labute approximate surface area is 184 Å². The van der Waals surface area contributed by atoms with Crippen LogP contribution in [-0.4, -0.2) is 50.0 Å². The van der Waals surface area contributed by atoms with E-state index in [1.165, 1.54) is 4.63 Å². The summed E-state index contributed by atoms with van der Waals surface area (Å²) in [4.78, 5) is 15.0. The molecule has 1 fully saturated rings. The summed E-state index contributed by atoms with van der Waals surface area (Å²) in [5.74, 6) is 0.648. The summed E-state index contributed by atoms with van der Waals surface area (Å²) in [7, 11) is 0. The molecule has 0 bridgehead atoms. The number of nitrogens with one attached hydrogen (secondary N) is 1. The molecule has 5 rings (SSSR count). The molecule has 160 valence electrons. The number of hydrogen-bond acceptors (Lipinski definition) is 7. The molecule has 1 aliphatic rings. The van der Waals surface area contributed by atoms with Crippen molar-refractivity contribution >= 4 is 23.1 Å². The number of benzene rings is 2. The van der Waals surface area contributed by atoms with Crippen molar-refractivity contribution in [3.05, 3.63) is 83.9 Å². The van der Waals surface area contributed by atoms with E-state index in [1.54, 1.807) is 0 Å². The van der Waals surface area contributed by atoms with Gasteiger partial charge in [0.25, 0.3) is 0 Å². The number of hydrogen-bond donors (Lipinski definition) is 1. The molecule has 2 aromatic carbocycles. The average Bonchev–Trinajstić information content (AvgIpc) is 3.33. The number of anilines is 1. The number of amides is 1. The lowest BCUT2D eigenvalue weighted by molar-refractivity contribution is -0.125. The zero-order chi connectivity index (χ0) is 21.8. The first kappa shape index (κ1) is 19.8. The Morgan fingerprint density at radius 2 is 1.56 bits per heavy atom. The van der Waals surface area contributed by atoms with E-state index in [4.69, 9.17) is 0 Å². The number of aromatic nitrogens is 5. The first-order chi connectivity index (χ1) is 15.8. The number of rotatable bonds is 5. The maximum absolute atomic E-state index is 12.9. The normalized spacial score (nSPS) is 14.3. The van der Waals surface area contributed by atoms with E-state index < -0.39 is 0 Å². The molecule has 0 aliphatic carbocycles. The van der Waals surface area contributed by atoms with E-state index in [0.717, 1.165) is 48.6 Å². The zero-order valence-electron chi connectivity index (χ0n) is 17.4. The molecular weight excluding hydrogens is 404 g/mol. The van der Waals surface area contributed by atoms with Crippen molar-refractivity contribution in [3.8, 4) is 0 Å². The minimum absolute atomic E-state index is 0.0575. The van der Waals surface area contributed by atoms with Crippen molar-refractivity contribution in [2.75, 3.05) is 18.0 Å². The van der Waals surface area contributed by atoms with Gasteiger partial charge in [-0.1, -0.05) is 60.7 Å². The monoisotopic (exact) mass is 426 g/mol. The molecule has 0 saturated carbocycles. The number of nitrogens with zero attached hydrogens (tertiary/aromatic N) is 7. The summed E-state index contributed by atoms with van der Waals surface area (Å²) >= 11 is 0. The highest BCUT2D eigenvalue weighted by molar-refractivity contribution is 6.13. The van der Waals surface area contributed by atoms with Crippen molar-refractivity contribution in [3.63, 3.8) is 0 Å². The Balaban J connectivity index is 1.26. The van der Waals surface area contributed by atoms with E-state index in [-0.39, 0.29) is 11.8 Å². The van der Waals surface area contributed by atoms with Gasteiger partial charge in [0.05, 0.1) is 5.71 Å². The predicted octanol–water partition coefficient (Wildman–Crippen LogP) is 2.30. The molecule has 0 radical (unpaired) electrons. The van der Waals surface area contributed by atoms with Crippen LogP contribution in [0.3, 0.4) is 0 Å². The number of tetrazole rings is 1. The topological polar surface area (TPSA) is 101 Å². The molecular formula is C23H22N8O. The highest BCUT2D eigenvalue weighted by atomic mass is 16.2. The number of hydrazone groups is 1. The number of carbonyl (C=O) groups is 1. The smallest absolute Gasteiger partial charge is 0.243 e. The minimum Gasteiger partial charge on any atom is -0.355 e. The molecule has 1 aliphatic heterocycles. The van der Waals surface area contributed by atoms with Crippen LogP contribution >= 0.6 is 0 Å². The van der Waals surface area contributed by atoms with Crippen LogP contribution in [0.5, 0.6) is 0 Å². The number of fused-ring (bicyclic) bond motifs is 1. The lowest BCUT2D eigenvalue weighted by Gasteiger charge is -2.31. The Hall–Kier alpha value is -4.14. The summed E-state index contributed by atoms with van der Waals surface area (Å²) in [5, 5.41) is 20.3. The van der Waals surface area contributed by atoms with Gasteiger partial charge in [-0.3, -0.25) is 4.79 Å². The van der Waals surface area contributed by atoms with E-state index in [0.29, 0.717) is 5.65 Å². The predicted molar refractivity (Wildman–Crippen MR) is 120 cm³/mol. The van der Waals surface area contributed by atoms with Crippen molar-refractivity contribution in [1.82, 2.24) is 30.7 Å². The van der Waals surface area contributed by atoms with Gasteiger partial charge < -0.3 is 4.90 Å². The van der Waals surface area contributed by atoms with Gasteiger partial charge in [-0.2, -0.15) is 5.10 Å². The molecule has 0 spiro atoms. The minimum atomic E-state index is -0.0976. The van der Waals surface area contributed by atoms with Gasteiger partial charge in [-0.15, -0.1) is 14.8 Å². The van der Waals surface area contributed by atoms with Crippen molar-refractivity contribution in [2.24, 2.45) is 11.0 Å². The molecule has 32 heavy (non-hydrogen) atoms. The average molecular weight is 426 g/mol. The van der Waals surface area contributed by atoms with Gasteiger partial charge in [-0.25, -0.2) is 5.43 Å². The molecule has 9 heteroatoms. The second-order valence-corrected chi connectivity index (χ2v) is 7.65. The second-order valence-electron chi connectivity index (χ2n) is 7.65. The van der Waals surface area contributed by atoms with E-state index >= 15 is 0 Å². The molecule has 0 atom stereocenters. The van der Waals surface area contributed by atoms with E-state index in [1.807, 2.05) is 72.8 Å². The Morgan fingerprint density at radius 1 is 0.906 bits per heavy atom. The van der Waals surface area contributed by atoms with Gasteiger partial charge in [0.1, 0.15) is 0 Å². The Kier molecular flexibility index (Phi) is 5.52. The quantitative estimate of drug-likeness (QED) is 0.388. The summed E-state index contributed by atoms with van der Waals surface area (Å²) in [6.07, 6.45) is 1.45. The summed E-state index contributed by atoms with van der Waals surface area (Å²) < 4.78 is 1.41. The molecule has 0 unspecified atom stereocenters. The Bertz CT molecular complexity index is 1190. The fourth-order valence-corrected chi connectivity index (χ4v) is 3.87. The standard InChI is InChI=1S/C23H22N8O/c32-23(26-25-22(17-7-3-1-4-8-17)18-9-5-2-6-10-18)19-13-15-30(16-14-19)21-12-11-20-24-28-29-31(20)27-21/h1-12,19H,13-16H2,(H,26,32). The molecule has 3 heterocycles. The highest BCUT2D eigenvalue weighted by Gasteiger charge is 2.26. The Morgan fingerprint density at radius 3 is 2.22 bits per heavy atom. The van der Waals surface area contributed by atoms with Crippen LogP contribution in [0.2, 0.25) is 0 Å². The summed E-state index contributed by atoms with van der Waals surface area (Å²) in [5.41, 5.74) is 6.07. The second kappa shape index (κ2) is 8.93. The third-order valence-corrected chi connectivity index (χ3v) is 5.62. The SMILES string of the molecule is O=C(NN=C(c1ccccc1)c1ccccc1)C1CCN(c2ccc3nnnn3n2)CC1. The van der Waals surface area contributed by atoms with E-state index in [2.05, 4.69) is 36.1 Å². The van der Waals surface area contributed by atoms with Crippen molar-refractivity contribution < 1.29 is 4.79 Å². The van der Waals surface area contributed by atoms with Crippen LogP contribution in [0.25, 0.3) is 5.65 Å². The maximum atomic E-state index is 12.9.